The quantitative estimate of drug-likeness (QED) is 0.254. The van der Waals surface area contributed by atoms with Gasteiger partial charge in [0.25, 0.3) is 0 Å². The molecule has 0 spiro atoms. The van der Waals surface area contributed by atoms with Gasteiger partial charge in [0.2, 0.25) is 5.72 Å². The van der Waals surface area contributed by atoms with Gasteiger partial charge in [0.15, 0.2) is 0 Å². The summed E-state index contributed by atoms with van der Waals surface area (Å²) in [7, 11) is 1.43. The summed E-state index contributed by atoms with van der Waals surface area (Å²) < 4.78 is 66.0. The molecule has 1 N–H and O–H groups in total. The third kappa shape index (κ3) is 4.94. The van der Waals surface area contributed by atoms with Crippen LogP contribution in [0, 0.1) is 5.82 Å². The molecular formula is C26H22F4N2O3. The largest absolute Gasteiger partial charge is 0.497 e. The molecular weight excluding hydrogens is 464 g/mol. The molecule has 1 atom stereocenters. The number of rotatable bonds is 7. The highest BCUT2D eigenvalue weighted by atomic mass is 19.4. The molecule has 9 heteroatoms. The summed E-state index contributed by atoms with van der Waals surface area (Å²) in [6.45, 7) is 1.61. The second kappa shape index (κ2) is 9.32. The Hall–Kier alpha value is -4.01. The molecule has 0 saturated heterocycles. The van der Waals surface area contributed by atoms with Gasteiger partial charge in [0.1, 0.15) is 17.3 Å². The summed E-state index contributed by atoms with van der Waals surface area (Å²) in [4.78, 5) is 12.0. The maximum Gasteiger partial charge on any atom is 0.471 e. The Balaban J connectivity index is 1.74. The molecule has 1 aromatic heterocycles. The van der Waals surface area contributed by atoms with Gasteiger partial charge in [-0.1, -0.05) is 19.1 Å². The summed E-state index contributed by atoms with van der Waals surface area (Å²) in [5.41, 5.74) is 0.00780. The van der Waals surface area contributed by atoms with Crippen molar-refractivity contribution in [2.75, 3.05) is 7.11 Å². The predicted octanol–water partition coefficient (Wildman–Crippen LogP) is 6.10. The van der Waals surface area contributed by atoms with Crippen LogP contribution >= 0.6 is 0 Å². The number of nitrogens with zero attached hydrogens (tertiary/aromatic N) is 1. The highest BCUT2D eigenvalue weighted by molar-refractivity contribution is 5.84. The van der Waals surface area contributed by atoms with Gasteiger partial charge in [-0.25, -0.2) is 4.39 Å². The first-order valence-corrected chi connectivity index (χ1v) is 10.7. The lowest BCUT2D eigenvalue weighted by atomic mass is 9.98. The van der Waals surface area contributed by atoms with Crippen LogP contribution in [0.2, 0.25) is 0 Å². The normalized spacial score (nSPS) is 13.3. The number of amides is 1. The second-order valence-electron chi connectivity index (χ2n) is 7.85. The van der Waals surface area contributed by atoms with Gasteiger partial charge in [0, 0.05) is 29.3 Å². The predicted molar refractivity (Wildman–Crippen MR) is 123 cm³/mol. The molecule has 1 heterocycles. The molecule has 0 saturated carbocycles. The topological polar surface area (TPSA) is 52.5 Å². The van der Waals surface area contributed by atoms with Gasteiger partial charge in [-0.05, 0) is 60.7 Å². The Labute approximate surface area is 198 Å². The average molecular weight is 486 g/mol. The number of ether oxygens (including phenoxy) is 2. The number of hydrogen-bond donors (Lipinski definition) is 1. The number of benzene rings is 3. The lowest BCUT2D eigenvalue weighted by Gasteiger charge is -2.35. The van der Waals surface area contributed by atoms with Crippen LogP contribution in [-0.4, -0.2) is 23.8 Å². The number of hydrogen-bond acceptors (Lipinski definition) is 3. The third-order valence-electron chi connectivity index (χ3n) is 5.67. The monoisotopic (exact) mass is 486 g/mol. The van der Waals surface area contributed by atoms with E-state index in [0.717, 1.165) is 16.6 Å². The van der Waals surface area contributed by atoms with E-state index < -0.39 is 17.8 Å². The van der Waals surface area contributed by atoms with Crippen LogP contribution in [0.3, 0.4) is 0 Å². The van der Waals surface area contributed by atoms with Crippen LogP contribution in [-0.2, 0) is 10.5 Å². The van der Waals surface area contributed by atoms with Gasteiger partial charge >= 0.3 is 12.1 Å². The molecule has 0 aliphatic carbocycles. The van der Waals surface area contributed by atoms with Gasteiger partial charge in [0.05, 0.1) is 12.6 Å². The minimum absolute atomic E-state index is 0.00336. The Morgan fingerprint density at radius 1 is 0.971 bits per heavy atom. The number of nitrogens with one attached hydrogen (secondary N) is 1. The molecule has 0 bridgehead atoms. The number of alkyl halides is 3. The van der Waals surface area contributed by atoms with E-state index in [1.807, 2.05) is 9.88 Å². The summed E-state index contributed by atoms with van der Waals surface area (Å²) in [5, 5.41) is 2.78. The number of halogens is 4. The third-order valence-corrected chi connectivity index (χ3v) is 5.67. The Morgan fingerprint density at radius 2 is 1.71 bits per heavy atom. The highest BCUT2D eigenvalue weighted by Crippen LogP contribution is 2.34. The summed E-state index contributed by atoms with van der Waals surface area (Å²) >= 11 is 0. The summed E-state index contributed by atoms with van der Waals surface area (Å²) in [6, 6.07) is 19.1. The molecule has 0 aliphatic rings. The Morgan fingerprint density at radius 3 is 2.37 bits per heavy atom. The molecule has 182 valence electrons. The molecule has 0 radical (unpaired) electrons. The highest BCUT2D eigenvalue weighted by Gasteiger charge is 2.45. The Bertz CT molecular complexity index is 1350. The van der Waals surface area contributed by atoms with E-state index in [1.165, 1.54) is 25.3 Å². The van der Waals surface area contributed by atoms with Crippen molar-refractivity contribution >= 4 is 16.8 Å². The molecule has 4 aromatic rings. The van der Waals surface area contributed by atoms with Crippen molar-refractivity contribution in [3.63, 3.8) is 0 Å². The minimum Gasteiger partial charge on any atom is -0.497 e. The number of fused-ring (bicyclic) bond motifs is 1. The average Bonchev–Trinajstić information content (AvgIpc) is 3.26. The van der Waals surface area contributed by atoms with E-state index >= 15 is 0 Å². The maximum atomic E-state index is 13.3. The zero-order valence-electron chi connectivity index (χ0n) is 18.9. The van der Waals surface area contributed by atoms with Crippen LogP contribution < -0.4 is 14.8 Å². The fraction of sp³-hybridized carbons (Fsp3) is 0.192. The van der Waals surface area contributed by atoms with Crippen molar-refractivity contribution in [2.45, 2.75) is 25.2 Å². The van der Waals surface area contributed by atoms with Crippen LogP contribution in [0.15, 0.2) is 79.0 Å². The summed E-state index contributed by atoms with van der Waals surface area (Å²) in [6.07, 6.45) is -3.31. The first kappa shape index (κ1) is 24.1. The zero-order chi connectivity index (χ0) is 25.2. The molecule has 35 heavy (non-hydrogen) atoms. The van der Waals surface area contributed by atoms with Crippen LogP contribution in [0.25, 0.3) is 16.6 Å². The smallest absolute Gasteiger partial charge is 0.471 e. The van der Waals surface area contributed by atoms with E-state index in [4.69, 9.17) is 9.47 Å². The molecule has 3 aromatic carbocycles. The fourth-order valence-electron chi connectivity index (χ4n) is 3.86. The minimum atomic E-state index is -5.10. The first-order chi connectivity index (χ1) is 16.6. The van der Waals surface area contributed by atoms with Crippen LogP contribution in [0.5, 0.6) is 11.5 Å². The lowest BCUT2D eigenvalue weighted by Crippen LogP contribution is -2.54. The molecule has 1 unspecified atom stereocenters. The van der Waals surface area contributed by atoms with Crippen molar-refractivity contribution in [3.05, 3.63) is 90.4 Å². The molecule has 4 rings (SSSR count). The number of carbonyl (C=O) groups is 1. The van der Waals surface area contributed by atoms with Gasteiger partial charge in [-0.3, -0.25) is 4.79 Å². The number of carbonyl (C=O) groups excluding carboxylic acids is 1. The van der Waals surface area contributed by atoms with Gasteiger partial charge < -0.3 is 19.4 Å². The van der Waals surface area contributed by atoms with E-state index in [9.17, 15) is 22.4 Å². The van der Waals surface area contributed by atoms with Crippen molar-refractivity contribution in [1.82, 2.24) is 9.88 Å². The lowest BCUT2D eigenvalue weighted by molar-refractivity contribution is -0.180. The standard InChI is InChI=1S/C26H22F4N2O3/c1-3-25(31-24(33)26(28,29)30,18-5-4-6-21(16-18)34-2)35-22-11-12-23-17(15-22)13-14-32(23)20-9-7-19(27)8-10-20/h4-16H,3H2,1-2H3,(H,31,33). The number of aromatic nitrogens is 1. The van der Waals surface area contributed by atoms with Crippen molar-refractivity contribution in [3.8, 4) is 17.2 Å². The summed E-state index contributed by atoms with van der Waals surface area (Å²) in [5.74, 6) is -1.82. The number of methoxy groups -OCH3 is 1. The van der Waals surface area contributed by atoms with E-state index in [0.29, 0.717) is 11.3 Å². The SMILES string of the molecule is CCC(NC(=O)C(F)(F)F)(Oc1ccc2c(ccn2-c2ccc(F)cc2)c1)c1cccc(OC)c1. The first-order valence-electron chi connectivity index (χ1n) is 10.7. The van der Waals surface area contributed by atoms with Crippen LogP contribution in [0.1, 0.15) is 18.9 Å². The van der Waals surface area contributed by atoms with E-state index in [2.05, 4.69) is 0 Å². The van der Waals surface area contributed by atoms with Gasteiger partial charge in [-0.2, -0.15) is 13.2 Å². The van der Waals surface area contributed by atoms with Crippen molar-refractivity contribution in [2.24, 2.45) is 0 Å². The Kier molecular flexibility index (Phi) is 6.43. The van der Waals surface area contributed by atoms with Crippen LogP contribution in [0.4, 0.5) is 17.6 Å². The molecule has 5 nitrogen and oxygen atoms in total. The van der Waals surface area contributed by atoms with Crippen molar-refractivity contribution < 1.29 is 31.8 Å². The van der Waals surface area contributed by atoms with Crippen molar-refractivity contribution in [1.29, 1.82) is 0 Å². The van der Waals surface area contributed by atoms with E-state index in [1.54, 1.807) is 67.7 Å². The fourth-order valence-corrected chi connectivity index (χ4v) is 3.86. The van der Waals surface area contributed by atoms with Gasteiger partial charge in [-0.15, -0.1) is 0 Å². The molecule has 1 amide bonds. The van der Waals surface area contributed by atoms with E-state index in [-0.39, 0.29) is 18.0 Å². The molecule has 0 aliphatic heterocycles. The maximum absolute atomic E-state index is 13.3. The zero-order valence-corrected chi connectivity index (χ0v) is 18.9. The second-order valence-corrected chi connectivity index (χ2v) is 7.85. The molecule has 0 fully saturated rings.